The molecule has 1 atom stereocenters. The van der Waals surface area contributed by atoms with Crippen molar-refractivity contribution in [3.63, 3.8) is 0 Å². The third kappa shape index (κ3) is 4.28. The molecule has 2 nitrogen and oxygen atoms in total. The van der Waals surface area contributed by atoms with Crippen molar-refractivity contribution in [1.82, 2.24) is 5.32 Å². The molecule has 2 aromatic carbocycles. The standard InChI is InChI=1S/C18H21FN2S/c1-12(2)17(16-7-5-4-6-13(16)3)21-18(22)20-15-10-8-14(19)9-11-15/h4-12,17H,1-3H3,(H2,20,21,22). The average Bonchev–Trinajstić information content (AvgIpc) is 2.48. The zero-order chi connectivity index (χ0) is 16.1. The van der Waals surface area contributed by atoms with Crippen LogP contribution < -0.4 is 10.6 Å². The number of anilines is 1. The lowest BCUT2D eigenvalue weighted by Crippen LogP contribution is -2.35. The lowest BCUT2D eigenvalue weighted by atomic mass is 9.93. The van der Waals surface area contributed by atoms with E-state index in [1.54, 1.807) is 12.1 Å². The Hall–Kier alpha value is -1.94. The Bertz CT molecular complexity index is 638. The molecule has 0 bridgehead atoms. The Balaban J connectivity index is 2.10. The molecule has 0 saturated carbocycles. The monoisotopic (exact) mass is 316 g/mol. The maximum absolute atomic E-state index is 12.9. The number of benzene rings is 2. The molecule has 0 aliphatic heterocycles. The van der Waals surface area contributed by atoms with Gasteiger partial charge in [-0.05, 0) is 60.5 Å². The highest BCUT2D eigenvalue weighted by Crippen LogP contribution is 2.24. The van der Waals surface area contributed by atoms with Crippen LogP contribution in [0.1, 0.15) is 31.0 Å². The summed E-state index contributed by atoms with van der Waals surface area (Å²) in [5, 5.41) is 7.00. The Morgan fingerprint density at radius 1 is 1.05 bits per heavy atom. The second-order valence-electron chi connectivity index (χ2n) is 5.68. The Labute approximate surface area is 136 Å². The first-order valence-electron chi connectivity index (χ1n) is 7.36. The molecular formula is C18H21FN2S. The number of hydrogen-bond donors (Lipinski definition) is 2. The first-order chi connectivity index (χ1) is 10.5. The minimum absolute atomic E-state index is 0.127. The third-order valence-corrected chi connectivity index (χ3v) is 3.80. The number of halogens is 1. The minimum atomic E-state index is -0.260. The molecule has 2 aromatic rings. The van der Waals surface area contributed by atoms with Crippen molar-refractivity contribution in [1.29, 1.82) is 0 Å². The number of nitrogens with one attached hydrogen (secondary N) is 2. The van der Waals surface area contributed by atoms with E-state index in [2.05, 4.69) is 43.5 Å². The van der Waals surface area contributed by atoms with E-state index in [9.17, 15) is 4.39 Å². The molecule has 2 N–H and O–H groups in total. The van der Waals surface area contributed by atoms with E-state index in [1.165, 1.54) is 23.3 Å². The summed E-state index contributed by atoms with van der Waals surface area (Å²) in [6.45, 7) is 6.41. The van der Waals surface area contributed by atoms with Gasteiger partial charge in [0.2, 0.25) is 0 Å². The molecule has 22 heavy (non-hydrogen) atoms. The lowest BCUT2D eigenvalue weighted by Gasteiger charge is -2.26. The summed E-state index contributed by atoms with van der Waals surface area (Å²) >= 11 is 5.39. The molecule has 0 saturated heterocycles. The van der Waals surface area contributed by atoms with Gasteiger partial charge in [0, 0.05) is 5.69 Å². The van der Waals surface area contributed by atoms with E-state index >= 15 is 0 Å². The number of rotatable bonds is 4. The summed E-state index contributed by atoms with van der Waals surface area (Å²) in [6, 6.07) is 14.6. The van der Waals surface area contributed by atoms with Crippen molar-refractivity contribution in [2.45, 2.75) is 26.8 Å². The second kappa shape index (κ2) is 7.36. The highest BCUT2D eigenvalue weighted by Gasteiger charge is 2.18. The summed E-state index contributed by atoms with van der Waals surface area (Å²) in [5.74, 6) is 0.124. The summed E-state index contributed by atoms with van der Waals surface area (Å²) in [6.07, 6.45) is 0. The van der Waals surface area contributed by atoms with Gasteiger partial charge in [0.1, 0.15) is 5.82 Å². The normalized spacial score (nSPS) is 12.0. The fraction of sp³-hybridized carbons (Fsp3) is 0.278. The van der Waals surface area contributed by atoms with Crippen LogP contribution in [0.5, 0.6) is 0 Å². The van der Waals surface area contributed by atoms with Crippen LogP contribution in [-0.2, 0) is 0 Å². The summed E-state index contributed by atoms with van der Waals surface area (Å²) < 4.78 is 12.9. The van der Waals surface area contributed by atoms with Crippen molar-refractivity contribution >= 4 is 23.0 Å². The van der Waals surface area contributed by atoms with Gasteiger partial charge in [-0.25, -0.2) is 4.39 Å². The van der Waals surface area contributed by atoms with E-state index < -0.39 is 0 Å². The minimum Gasteiger partial charge on any atom is -0.355 e. The molecule has 0 heterocycles. The smallest absolute Gasteiger partial charge is 0.171 e. The Morgan fingerprint density at radius 3 is 2.27 bits per heavy atom. The van der Waals surface area contributed by atoms with Gasteiger partial charge < -0.3 is 10.6 Å². The maximum Gasteiger partial charge on any atom is 0.171 e. The summed E-state index contributed by atoms with van der Waals surface area (Å²) in [5.41, 5.74) is 3.24. The second-order valence-corrected chi connectivity index (χ2v) is 6.09. The van der Waals surface area contributed by atoms with E-state index in [4.69, 9.17) is 12.2 Å². The molecule has 4 heteroatoms. The molecule has 116 valence electrons. The first kappa shape index (κ1) is 16.4. The Morgan fingerprint density at radius 2 is 1.68 bits per heavy atom. The van der Waals surface area contributed by atoms with E-state index in [0.29, 0.717) is 11.0 Å². The molecule has 0 radical (unpaired) electrons. The quantitative estimate of drug-likeness (QED) is 0.791. The molecule has 2 rings (SSSR count). The summed E-state index contributed by atoms with van der Waals surface area (Å²) in [7, 11) is 0. The third-order valence-electron chi connectivity index (χ3n) is 3.58. The van der Waals surface area contributed by atoms with Crippen LogP contribution >= 0.6 is 12.2 Å². The van der Waals surface area contributed by atoms with Crippen molar-refractivity contribution in [2.75, 3.05) is 5.32 Å². The number of aryl methyl sites for hydroxylation is 1. The maximum atomic E-state index is 12.9. The molecule has 0 aliphatic rings. The predicted molar refractivity (Wildman–Crippen MR) is 94.5 cm³/mol. The molecule has 1 unspecified atom stereocenters. The van der Waals surface area contributed by atoms with Gasteiger partial charge in [0.25, 0.3) is 0 Å². The summed E-state index contributed by atoms with van der Waals surface area (Å²) in [4.78, 5) is 0. The lowest BCUT2D eigenvalue weighted by molar-refractivity contribution is 0.471. The number of thiocarbonyl (C=S) groups is 1. The molecule has 0 aromatic heterocycles. The highest BCUT2D eigenvalue weighted by atomic mass is 32.1. The van der Waals surface area contributed by atoms with Crippen LogP contribution in [0.25, 0.3) is 0 Å². The molecule has 0 aliphatic carbocycles. The fourth-order valence-corrected chi connectivity index (χ4v) is 2.63. The van der Waals surface area contributed by atoms with Gasteiger partial charge in [-0.3, -0.25) is 0 Å². The highest BCUT2D eigenvalue weighted by molar-refractivity contribution is 7.80. The van der Waals surface area contributed by atoms with Crippen LogP contribution in [0.4, 0.5) is 10.1 Å². The van der Waals surface area contributed by atoms with Crippen molar-refractivity contribution < 1.29 is 4.39 Å². The fourth-order valence-electron chi connectivity index (χ4n) is 2.38. The van der Waals surface area contributed by atoms with Crippen molar-refractivity contribution in [3.05, 3.63) is 65.5 Å². The molecular weight excluding hydrogens is 295 g/mol. The van der Waals surface area contributed by atoms with E-state index in [-0.39, 0.29) is 11.9 Å². The molecule has 0 amide bonds. The van der Waals surface area contributed by atoms with E-state index in [1.807, 2.05) is 12.1 Å². The van der Waals surface area contributed by atoms with Gasteiger partial charge in [0.15, 0.2) is 5.11 Å². The topological polar surface area (TPSA) is 24.1 Å². The zero-order valence-corrected chi connectivity index (χ0v) is 13.9. The number of hydrogen-bond acceptors (Lipinski definition) is 1. The van der Waals surface area contributed by atoms with Crippen molar-refractivity contribution in [2.24, 2.45) is 5.92 Å². The average molecular weight is 316 g/mol. The van der Waals surface area contributed by atoms with Gasteiger partial charge in [-0.1, -0.05) is 38.1 Å². The van der Waals surface area contributed by atoms with Gasteiger partial charge in [-0.15, -0.1) is 0 Å². The van der Waals surface area contributed by atoms with Crippen LogP contribution in [-0.4, -0.2) is 5.11 Å². The zero-order valence-electron chi connectivity index (χ0n) is 13.1. The first-order valence-corrected chi connectivity index (χ1v) is 7.77. The van der Waals surface area contributed by atoms with Crippen LogP contribution in [0, 0.1) is 18.7 Å². The molecule has 0 spiro atoms. The van der Waals surface area contributed by atoms with Gasteiger partial charge >= 0.3 is 0 Å². The molecule has 0 fully saturated rings. The van der Waals surface area contributed by atoms with Crippen LogP contribution in [0.3, 0.4) is 0 Å². The van der Waals surface area contributed by atoms with Gasteiger partial charge in [0.05, 0.1) is 6.04 Å². The Kier molecular flexibility index (Phi) is 5.50. The van der Waals surface area contributed by atoms with Crippen LogP contribution in [0.15, 0.2) is 48.5 Å². The predicted octanol–water partition coefficient (Wildman–Crippen LogP) is 4.82. The van der Waals surface area contributed by atoms with Crippen LogP contribution in [0.2, 0.25) is 0 Å². The largest absolute Gasteiger partial charge is 0.355 e. The van der Waals surface area contributed by atoms with Gasteiger partial charge in [-0.2, -0.15) is 0 Å². The van der Waals surface area contributed by atoms with Crippen molar-refractivity contribution in [3.8, 4) is 0 Å². The van der Waals surface area contributed by atoms with E-state index in [0.717, 1.165) is 5.69 Å². The SMILES string of the molecule is Cc1ccccc1C(NC(=S)Nc1ccc(F)cc1)C(C)C.